The van der Waals surface area contributed by atoms with Gasteiger partial charge in [0.25, 0.3) is 0 Å². The highest BCUT2D eigenvalue weighted by molar-refractivity contribution is 6.33. The van der Waals surface area contributed by atoms with Crippen molar-refractivity contribution >= 4 is 17.3 Å². The second-order valence-electron chi connectivity index (χ2n) is 4.00. The monoisotopic (exact) mass is 224 g/mol. The molecule has 0 spiro atoms. The van der Waals surface area contributed by atoms with Gasteiger partial charge in [0.05, 0.1) is 10.7 Å². The first kappa shape index (κ1) is 10.8. The third-order valence-electron chi connectivity index (χ3n) is 2.96. The Balaban J connectivity index is 2.31. The Bertz CT molecular complexity index is 332. The van der Waals surface area contributed by atoms with Crippen LogP contribution in [0.5, 0.6) is 0 Å². The van der Waals surface area contributed by atoms with Gasteiger partial charge in [0, 0.05) is 19.6 Å². The van der Waals surface area contributed by atoms with E-state index >= 15 is 0 Å². The summed E-state index contributed by atoms with van der Waals surface area (Å²) in [6, 6.07) is 5.98. The standard InChI is InChI=1S/C12H17ClN2/c13-11-6-4-5-10(9-14)12(11)15-7-2-1-3-8-15/h4-6H,1-3,7-9,14H2. The molecule has 1 fully saturated rings. The molecule has 1 aromatic carbocycles. The van der Waals surface area contributed by atoms with Gasteiger partial charge in [-0.05, 0) is 30.9 Å². The van der Waals surface area contributed by atoms with E-state index in [9.17, 15) is 0 Å². The first-order chi connectivity index (χ1) is 7.33. The Hall–Kier alpha value is -0.730. The van der Waals surface area contributed by atoms with E-state index in [0.717, 1.165) is 29.4 Å². The zero-order valence-electron chi connectivity index (χ0n) is 8.88. The lowest BCUT2D eigenvalue weighted by atomic mass is 10.1. The molecule has 0 saturated carbocycles. The highest BCUT2D eigenvalue weighted by Crippen LogP contribution is 2.31. The lowest BCUT2D eigenvalue weighted by molar-refractivity contribution is 0.576. The molecule has 0 radical (unpaired) electrons. The van der Waals surface area contributed by atoms with Crippen molar-refractivity contribution in [2.75, 3.05) is 18.0 Å². The second-order valence-corrected chi connectivity index (χ2v) is 4.41. The maximum absolute atomic E-state index is 6.24. The maximum Gasteiger partial charge on any atom is 0.0642 e. The van der Waals surface area contributed by atoms with Gasteiger partial charge in [-0.1, -0.05) is 23.7 Å². The number of halogens is 1. The van der Waals surface area contributed by atoms with Gasteiger partial charge in [-0.25, -0.2) is 0 Å². The molecule has 15 heavy (non-hydrogen) atoms. The lowest BCUT2D eigenvalue weighted by Crippen LogP contribution is -2.30. The summed E-state index contributed by atoms with van der Waals surface area (Å²) in [6.07, 6.45) is 3.85. The van der Waals surface area contributed by atoms with Crippen LogP contribution in [0.3, 0.4) is 0 Å². The highest BCUT2D eigenvalue weighted by atomic mass is 35.5. The fraction of sp³-hybridized carbons (Fsp3) is 0.500. The molecule has 0 aliphatic carbocycles. The summed E-state index contributed by atoms with van der Waals surface area (Å²) in [5.41, 5.74) is 8.05. The number of benzene rings is 1. The summed E-state index contributed by atoms with van der Waals surface area (Å²) < 4.78 is 0. The minimum atomic E-state index is 0.562. The molecule has 1 aromatic rings. The van der Waals surface area contributed by atoms with Gasteiger partial charge in [0.1, 0.15) is 0 Å². The molecule has 0 aromatic heterocycles. The molecule has 0 unspecified atom stereocenters. The number of hydrogen-bond donors (Lipinski definition) is 1. The number of piperidine rings is 1. The van der Waals surface area contributed by atoms with Crippen LogP contribution in [0.1, 0.15) is 24.8 Å². The predicted molar refractivity (Wildman–Crippen MR) is 65.4 cm³/mol. The van der Waals surface area contributed by atoms with Gasteiger partial charge < -0.3 is 10.6 Å². The van der Waals surface area contributed by atoms with Crippen LogP contribution in [0.15, 0.2) is 18.2 Å². The molecule has 2 rings (SSSR count). The number of nitrogens with two attached hydrogens (primary N) is 1. The van der Waals surface area contributed by atoms with Crippen LogP contribution in [-0.2, 0) is 6.54 Å². The molecule has 1 heterocycles. The molecule has 0 amide bonds. The second kappa shape index (κ2) is 4.86. The van der Waals surface area contributed by atoms with Crippen LogP contribution in [-0.4, -0.2) is 13.1 Å². The van der Waals surface area contributed by atoms with E-state index in [1.807, 2.05) is 12.1 Å². The number of anilines is 1. The number of para-hydroxylation sites is 1. The smallest absolute Gasteiger partial charge is 0.0642 e. The van der Waals surface area contributed by atoms with Crippen molar-refractivity contribution in [3.05, 3.63) is 28.8 Å². The van der Waals surface area contributed by atoms with Gasteiger partial charge in [-0.2, -0.15) is 0 Å². The van der Waals surface area contributed by atoms with Crippen molar-refractivity contribution < 1.29 is 0 Å². The molecule has 1 saturated heterocycles. The van der Waals surface area contributed by atoms with Crippen LogP contribution >= 0.6 is 11.6 Å². The minimum absolute atomic E-state index is 0.562. The first-order valence-corrected chi connectivity index (χ1v) is 5.93. The van der Waals surface area contributed by atoms with E-state index in [4.69, 9.17) is 17.3 Å². The van der Waals surface area contributed by atoms with E-state index < -0.39 is 0 Å². The number of nitrogens with zero attached hydrogens (tertiary/aromatic N) is 1. The summed E-state index contributed by atoms with van der Waals surface area (Å²) in [7, 11) is 0. The third-order valence-corrected chi connectivity index (χ3v) is 3.27. The van der Waals surface area contributed by atoms with E-state index in [-0.39, 0.29) is 0 Å². The van der Waals surface area contributed by atoms with Crippen LogP contribution in [0.2, 0.25) is 5.02 Å². The van der Waals surface area contributed by atoms with E-state index in [0.29, 0.717) is 6.54 Å². The number of hydrogen-bond acceptors (Lipinski definition) is 2. The van der Waals surface area contributed by atoms with Crippen LogP contribution in [0, 0.1) is 0 Å². The molecule has 1 aliphatic heterocycles. The lowest BCUT2D eigenvalue weighted by Gasteiger charge is -2.31. The topological polar surface area (TPSA) is 29.3 Å². The molecule has 0 atom stereocenters. The van der Waals surface area contributed by atoms with E-state index in [1.165, 1.54) is 19.3 Å². The fourth-order valence-electron chi connectivity index (χ4n) is 2.20. The quantitative estimate of drug-likeness (QED) is 0.837. The van der Waals surface area contributed by atoms with Gasteiger partial charge >= 0.3 is 0 Å². The van der Waals surface area contributed by atoms with Crippen molar-refractivity contribution in [1.29, 1.82) is 0 Å². The van der Waals surface area contributed by atoms with Gasteiger partial charge in [-0.3, -0.25) is 0 Å². The van der Waals surface area contributed by atoms with Crippen molar-refractivity contribution in [3.63, 3.8) is 0 Å². The van der Waals surface area contributed by atoms with Crippen LogP contribution in [0.25, 0.3) is 0 Å². The Kier molecular flexibility index (Phi) is 3.49. The first-order valence-electron chi connectivity index (χ1n) is 5.55. The van der Waals surface area contributed by atoms with E-state index in [1.54, 1.807) is 0 Å². The molecule has 2 N–H and O–H groups in total. The fourth-order valence-corrected chi connectivity index (χ4v) is 2.51. The van der Waals surface area contributed by atoms with Crippen molar-refractivity contribution in [2.45, 2.75) is 25.8 Å². The van der Waals surface area contributed by atoms with Crippen LogP contribution < -0.4 is 10.6 Å². The summed E-state index contributed by atoms with van der Waals surface area (Å²) in [4.78, 5) is 2.37. The third kappa shape index (κ3) is 2.27. The average Bonchev–Trinajstić information content (AvgIpc) is 2.29. The van der Waals surface area contributed by atoms with Gasteiger partial charge in [-0.15, -0.1) is 0 Å². The van der Waals surface area contributed by atoms with Gasteiger partial charge in [0.15, 0.2) is 0 Å². The largest absolute Gasteiger partial charge is 0.370 e. The normalized spacial score (nSPS) is 16.8. The molecule has 1 aliphatic rings. The number of rotatable bonds is 2. The summed E-state index contributed by atoms with van der Waals surface area (Å²) in [6.45, 7) is 2.78. The van der Waals surface area contributed by atoms with E-state index in [2.05, 4.69) is 11.0 Å². The Morgan fingerprint density at radius 2 is 1.93 bits per heavy atom. The summed E-state index contributed by atoms with van der Waals surface area (Å²) in [5, 5.41) is 0.833. The zero-order chi connectivity index (χ0) is 10.7. The predicted octanol–water partition coefficient (Wildman–Crippen LogP) is 2.79. The molecular weight excluding hydrogens is 208 g/mol. The molecule has 82 valence electrons. The molecule has 0 bridgehead atoms. The Labute approximate surface area is 96.0 Å². The van der Waals surface area contributed by atoms with Crippen molar-refractivity contribution in [1.82, 2.24) is 0 Å². The molecular formula is C12H17ClN2. The minimum Gasteiger partial charge on any atom is -0.370 e. The van der Waals surface area contributed by atoms with Crippen LogP contribution in [0.4, 0.5) is 5.69 Å². The molecule has 3 heteroatoms. The van der Waals surface area contributed by atoms with Crippen molar-refractivity contribution in [3.8, 4) is 0 Å². The average molecular weight is 225 g/mol. The summed E-state index contributed by atoms with van der Waals surface area (Å²) >= 11 is 6.24. The zero-order valence-corrected chi connectivity index (χ0v) is 9.63. The SMILES string of the molecule is NCc1cccc(Cl)c1N1CCCCC1. The maximum atomic E-state index is 6.24. The Morgan fingerprint density at radius 3 is 2.60 bits per heavy atom. The Morgan fingerprint density at radius 1 is 1.20 bits per heavy atom. The molecule has 2 nitrogen and oxygen atoms in total. The van der Waals surface area contributed by atoms with Gasteiger partial charge in [0.2, 0.25) is 0 Å². The highest BCUT2D eigenvalue weighted by Gasteiger charge is 2.16. The summed E-state index contributed by atoms with van der Waals surface area (Å²) in [5.74, 6) is 0. The van der Waals surface area contributed by atoms with Crippen molar-refractivity contribution in [2.24, 2.45) is 5.73 Å².